The number of hydrogen-bond donors (Lipinski definition) is 2. The van der Waals surface area contributed by atoms with E-state index in [1.807, 2.05) is 44.3 Å². The molecule has 8 nitrogen and oxygen atoms in total. The Morgan fingerprint density at radius 1 is 1.28 bits per heavy atom. The van der Waals surface area contributed by atoms with E-state index in [2.05, 4.69) is 15.7 Å². The van der Waals surface area contributed by atoms with Crippen LogP contribution in [0.5, 0.6) is 0 Å². The van der Waals surface area contributed by atoms with Gasteiger partial charge in [-0.1, -0.05) is 12.1 Å². The number of urea groups is 1. The molecule has 156 valence electrons. The van der Waals surface area contributed by atoms with Gasteiger partial charge in [-0.3, -0.25) is 9.48 Å². The Hall–Kier alpha value is -2.87. The molecule has 0 radical (unpaired) electrons. The van der Waals surface area contributed by atoms with Crippen molar-refractivity contribution in [2.24, 2.45) is 0 Å². The fraction of sp³-hybridized carbons (Fsp3) is 0.476. The number of nitrogens with one attached hydrogen (secondary N) is 2. The molecular formula is C21H29N5O3. The Balaban J connectivity index is 1.63. The summed E-state index contributed by atoms with van der Waals surface area (Å²) in [5.74, 6) is -0.00622. The van der Waals surface area contributed by atoms with Crippen LogP contribution in [0.15, 0.2) is 36.7 Å². The number of likely N-dealkylation sites (tertiary alicyclic amines) is 1. The maximum atomic E-state index is 12.7. The second-order valence-corrected chi connectivity index (χ2v) is 7.75. The first-order valence-electron chi connectivity index (χ1n) is 9.81. The highest BCUT2D eigenvalue weighted by atomic mass is 16.5. The van der Waals surface area contributed by atoms with E-state index in [1.54, 1.807) is 22.9 Å². The lowest BCUT2D eigenvalue weighted by atomic mass is 9.94. The van der Waals surface area contributed by atoms with Crippen LogP contribution < -0.4 is 10.6 Å². The number of carbonyl (C=O) groups is 2. The van der Waals surface area contributed by atoms with Crippen LogP contribution in [-0.4, -0.2) is 59.0 Å². The third-order valence-corrected chi connectivity index (χ3v) is 5.21. The highest BCUT2D eigenvalue weighted by Gasteiger charge is 2.41. The predicted octanol–water partition coefficient (Wildman–Crippen LogP) is 2.33. The van der Waals surface area contributed by atoms with Crippen LogP contribution in [0.25, 0.3) is 0 Å². The van der Waals surface area contributed by atoms with Gasteiger partial charge in [0.2, 0.25) is 5.91 Å². The fourth-order valence-electron chi connectivity index (χ4n) is 3.67. The van der Waals surface area contributed by atoms with E-state index in [9.17, 15) is 9.59 Å². The number of aromatic nitrogens is 2. The van der Waals surface area contributed by atoms with E-state index < -0.39 is 5.54 Å². The average molecular weight is 399 g/mol. The lowest BCUT2D eigenvalue weighted by Gasteiger charge is -2.30. The Kier molecular flexibility index (Phi) is 6.53. The average Bonchev–Trinajstić information content (AvgIpc) is 3.27. The first kappa shape index (κ1) is 20.9. The first-order valence-corrected chi connectivity index (χ1v) is 9.81. The number of benzene rings is 1. The highest BCUT2D eigenvalue weighted by Crippen LogP contribution is 2.26. The second-order valence-electron chi connectivity index (χ2n) is 7.75. The fourth-order valence-corrected chi connectivity index (χ4v) is 3.67. The SMILES string of the molecule is COCCC1(NC(=O)Nc2cccc(C)c2)CCN(C(=O)Cn2cc(C)cn2)C1. The summed E-state index contributed by atoms with van der Waals surface area (Å²) in [6.45, 7) is 5.67. The minimum Gasteiger partial charge on any atom is -0.385 e. The molecule has 1 aromatic heterocycles. The number of carbonyl (C=O) groups excluding carboxylic acids is 2. The Labute approximate surface area is 171 Å². The Bertz CT molecular complexity index is 866. The van der Waals surface area contributed by atoms with Crippen LogP contribution in [0.2, 0.25) is 0 Å². The molecule has 1 aliphatic rings. The number of rotatable bonds is 7. The minimum absolute atomic E-state index is 0.00622. The normalized spacial score (nSPS) is 18.7. The maximum absolute atomic E-state index is 12.7. The highest BCUT2D eigenvalue weighted by molar-refractivity contribution is 5.90. The zero-order valence-corrected chi connectivity index (χ0v) is 17.3. The Morgan fingerprint density at radius 3 is 2.79 bits per heavy atom. The lowest BCUT2D eigenvalue weighted by Crippen LogP contribution is -2.53. The van der Waals surface area contributed by atoms with Crippen molar-refractivity contribution >= 4 is 17.6 Å². The third kappa shape index (κ3) is 5.57. The van der Waals surface area contributed by atoms with Gasteiger partial charge in [-0.05, 0) is 49.9 Å². The maximum Gasteiger partial charge on any atom is 0.319 e. The van der Waals surface area contributed by atoms with Crippen molar-refractivity contribution < 1.29 is 14.3 Å². The molecule has 3 rings (SSSR count). The van der Waals surface area contributed by atoms with E-state index in [0.29, 0.717) is 32.5 Å². The van der Waals surface area contributed by atoms with Crippen LogP contribution in [-0.2, 0) is 16.1 Å². The van der Waals surface area contributed by atoms with Crippen molar-refractivity contribution in [1.29, 1.82) is 0 Å². The molecule has 8 heteroatoms. The third-order valence-electron chi connectivity index (χ3n) is 5.21. The molecule has 1 unspecified atom stereocenters. The monoisotopic (exact) mass is 399 g/mol. The summed E-state index contributed by atoms with van der Waals surface area (Å²) in [5.41, 5.74) is 2.32. The molecule has 0 aliphatic carbocycles. The molecule has 2 heterocycles. The zero-order chi connectivity index (χ0) is 20.9. The number of nitrogens with zero attached hydrogens (tertiary/aromatic N) is 3. The number of ether oxygens (including phenoxy) is 1. The molecule has 0 spiro atoms. The van der Waals surface area contributed by atoms with Crippen LogP contribution in [0.1, 0.15) is 24.0 Å². The van der Waals surface area contributed by atoms with Gasteiger partial charge in [0.15, 0.2) is 0 Å². The van der Waals surface area contributed by atoms with Crippen LogP contribution >= 0.6 is 0 Å². The van der Waals surface area contributed by atoms with E-state index in [-0.39, 0.29) is 18.5 Å². The summed E-state index contributed by atoms with van der Waals surface area (Å²) >= 11 is 0. The molecular weight excluding hydrogens is 370 g/mol. The van der Waals surface area contributed by atoms with Crippen molar-refractivity contribution in [1.82, 2.24) is 20.0 Å². The molecule has 1 fully saturated rings. The molecule has 2 aromatic rings. The quantitative estimate of drug-likeness (QED) is 0.748. The largest absolute Gasteiger partial charge is 0.385 e. The van der Waals surface area contributed by atoms with Gasteiger partial charge >= 0.3 is 6.03 Å². The molecule has 1 aliphatic heterocycles. The number of methoxy groups -OCH3 is 1. The number of amides is 3. The van der Waals surface area contributed by atoms with Crippen LogP contribution in [0.3, 0.4) is 0 Å². The summed E-state index contributed by atoms with van der Waals surface area (Å²) in [6.07, 6.45) is 4.90. The van der Waals surface area contributed by atoms with Gasteiger partial charge in [0, 0.05) is 38.7 Å². The number of hydrogen-bond acceptors (Lipinski definition) is 4. The van der Waals surface area contributed by atoms with Crippen molar-refractivity contribution in [3.05, 3.63) is 47.8 Å². The summed E-state index contributed by atoms with van der Waals surface area (Å²) in [4.78, 5) is 27.1. The summed E-state index contributed by atoms with van der Waals surface area (Å²) < 4.78 is 6.89. The number of aryl methyl sites for hydroxylation is 2. The van der Waals surface area contributed by atoms with Gasteiger partial charge in [-0.15, -0.1) is 0 Å². The minimum atomic E-state index is -0.514. The van der Waals surface area contributed by atoms with Crippen LogP contribution in [0, 0.1) is 13.8 Å². The smallest absolute Gasteiger partial charge is 0.319 e. The molecule has 0 bridgehead atoms. The topological polar surface area (TPSA) is 88.5 Å². The predicted molar refractivity (Wildman–Crippen MR) is 111 cm³/mol. The van der Waals surface area contributed by atoms with E-state index in [0.717, 1.165) is 16.8 Å². The Morgan fingerprint density at radius 2 is 2.10 bits per heavy atom. The zero-order valence-electron chi connectivity index (χ0n) is 17.3. The van der Waals surface area contributed by atoms with E-state index >= 15 is 0 Å². The summed E-state index contributed by atoms with van der Waals surface area (Å²) in [5, 5.41) is 10.2. The van der Waals surface area contributed by atoms with E-state index in [4.69, 9.17) is 4.74 Å². The van der Waals surface area contributed by atoms with Crippen molar-refractivity contribution in [3.63, 3.8) is 0 Å². The summed E-state index contributed by atoms with van der Waals surface area (Å²) in [6, 6.07) is 7.37. The van der Waals surface area contributed by atoms with Crippen LogP contribution in [0.4, 0.5) is 10.5 Å². The standard InChI is InChI=1S/C21H29N5O3/c1-16-5-4-6-18(11-16)23-20(28)24-21(8-10-29-3)7-9-25(15-21)19(27)14-26-13-17(2)12-22-26/h4-6,11-13H,7-10,14-15H2,1-3H3,(H2,23,24,28). The van der Waals surface area contributed by atoms with Gasteiger partial charge in [0.05, 0.1) is 11.7 Å². The molecule has 0 saturated carbocycles. The lowest BCUT2D eigenvalue weighted by molar-refractivity contribution is -0.131. The van der Waals surface area contributed by atoms with Gasteiger partial charge in [-0.2, -0.15) is 5.10 Å². The second kappa shape index (κ2) is 9.09. The van der Waals surface area contributed by atoms with Gasteiger partial charge in [0.1, 0.15) is 6.54 Å². The van der Waals surface area contributed by atoms with Crippen molar-refractivity contribution in [3.8, 4) is 0 Å². The van der Waals surface area contributed by atoms with Crippen molar-refractivity contribution in [2.75, 3.05) is 32.1 Å². The van der Waals surface area contributed by atoms with E-state index in [1.165, 1.54) is 0 Å². The summed E-state index contributed by atoms with van der Waals surface area (Å²) in [7, 11) is 1.64. The van der Waals surface area contributed by atoms with Gasteiger partial charge in [0.25, 0.3) is 0 Å². The molecule has 3 amide bonds. The molecule has 1 atom stereocenters. The van der Waals surface area contributed by atoms with Gasteiger partial charge in [-0.25, -0.2) is 4.79 Å². The van der Waals surface area contributed by atoms with Crippen molar-refractivity contribution in [2.45, 2.75) is 38.8 Å². The van der Waals surface area contributed by atoms with Gasteiger partial charge < -0.3 is 20.3 Å². The molecule has 1 aromatic carbocycles. The molecule has 1 saturated heterocycles. The molecule has 2 N–H and O–H groups in total. The molecule has 29 heavy (non-hydrogen) atoms. The first-order chi connectivity index (χ1) is 13.9. The number of anilines is 1.